The van der Waals surface area contributed by atoms with Gasteiger partial charge < -0.3 is 25.8 Å². The Kier molecular flexibility index (Phi) is 2.87. The van der Waals surface area contributed by atoms with Crippen molar-refractivity contribution in [3.8, 4) is 0 Å². The van der Waals surface area contributed by atoms with Crippen molar-refractivity contribution in [3.05, 3.63) is 12.7 Å². The molecule has 0 bridgehead atoms. The zero-order chi connectivity index (χ0) is 14.5. The average molecular weight is 281 g/mol. The summed E-state index contributed by atoms with van der Waals surface area (Å²) in [5, 5.41) is 29.6. The van der Waals surface area contributed by atoms with Gasteiger partial charge in [0.05, 0.1) is 12.9 Å². The Labute approximate surface area is 113 Å². The van der Waals surface area contributed by atoms with Gasteiger partial charge >= 0.3 is 0 Å². The maximum Gasteiger partial charge on any atom is 0.167 e. The largest absolute Gasteiger partial charge is 0.394 e. The first-order valence-electron chi connectivity index (χ1n) is 6.06. The van der Waals surface area contributed by atoms with Crippen LogP contribution in [0.2, 0.25) is 0 Å². The minimum absolute atomic E-state index is 0.215. The summed E-state index contributed by atoms with van der Waals surface area (Å²) in [6.45, 7) is 0.991. The van der Waals surface area contributed by atoms with Gasteiger partial charge in [-0.2, -0.15) is 0 Å². The van der Waals surface area contributed by atoms with E-state index in [1.165, 1.54) is 24.1 Å². The van der Waals surface area contributed by atoms with Gasteiger partial charge in [0.15, 0.2) is 17.7 Å². The Morgan fingerprint density at radius 3 is 2.85 bits per heavy atom. The topological polar surface area (TPSA) is 140 Å². The van der Waals surface area contributed by atoms with Crippen molar-refractivity contribution in [2.24, 2.45) is 0 Å². The second kappa shape index (κ2) is 4.35. The Morgan fingerprint density at radius 2 is 2.20 bits per heavy atom. The van der Waals surface area contributed by atoms with Crippen LogP contribution in [0.3, 0.4) is 0 Å². The second-order valence-electron chi connectivity index (χ2n) is 4.95. The minimum Gasteiger partial charge on any atom is -0.394 e. The van der Waals surface area contributed by atoms with Gasteiger partial charge in [-0.3, -0.25) is 4.57 Å². The van der Waals surface area contributed by atoms with Crippen LogP contribution in [0.5, 0.6) is 0 Å². The molecule has 2 aromatic heterocycles. The number of aromatic nitrogens is 4. The third-order valence-corrected chi connectivity index (χ3v) is 3.65. The van der Waals surface area contributed by atoms with Crippen LogP contribution in [0.1, 0.15) is 13.2 Å². The fraction of sp³-hybridized carbons (Fsp3) is 0.545. The monoisotopic (exact) mass is 281 g/mol. The predicted molar refractivity (Wildman–Crippen MR) is 67.4 cm³/mol. The molecule has 1 fully saturated rings. The number of ether oxygens (including phenoxy) is 1. The molecule has 108 valence electrons. The number of nitrogens with two attached hydrogens (primary N) is 1. The summed E-state index contributed by atoms with van der Waals surface area (Å²) in [6.07, 6.45) is -0.382. The third-order valence-electron chi connectivity index (χ3n) is 3.65. The van der Waals surface area contributed by atoms with Crippen molar-refractivity contribution < 1.29 is 20.1 Å². The number of hydrogen-bond acceptors (Lipinski definition) is 8. The van der Waals surface area contributed by atoms with Gasteiger partial charge in [-0.15, -0.1) is 0 Å². The van der Waals surface area contributed by atoms with E-state index in [-0.39, 0.29) is 5.82 Å². The van der Waals surface area contributed by atoms with Gasteiger partial charge in [-0.05, 0) is 6.92 Å². The van der Waals surface area contributed by atoms with Crippen LogP contribution >= 0.6 is 0 Å². The maximum atomic E-state index is 10.2. The summed E-state index contributed by atoms with van der Waals surface area (Å²) in [6, 6.07) is 0. The lowest BCUT2D eigenvalue weighted by atomic mass is 9.95. The lowest BCUT2D eigenvalue weighted by Gasteiger charge is -2.25. The highest BCUT2D eigenvalue weighted by Gasteiger charge is 2.52. The van der Waals surface area contributed by atoms with Crippen molar-refractivity contribution in [3.63, 3.8) is 0 Å². The molecule has 0 amide bonds. The lowest BCUT2D eigenvalue weighted by molar-refractivity contribution is -0.0804. The van der Waals surface area contributed by atoms with E-state index < -0.39 is 30.6 Å². The molecule has 20 heavy (non-hydrogen) atoms. The summed E-state index contributed by atoms with van der Waals surface area (Å²) in [7, 11) is 0. The smallest absolute Gasteiger partial charge is 0.167 e. The Morgan fingerprint density at radius 1 is 1.45 bits per heavy atom. The molecule has 4 atom stereocenters. The minimum atomic E-state index is -1.57. The predicted octanol–water partition coefficient (Wildman–Crippen LogP) is -1.59. The molecule has 0 spiro atoms. The number of nitrogens with zero attached hydrogens (tertiary/aromatic N) is 4. The number of imidazole rings is 1. The standard InChI is InChI=1S/C11H15N5O4/c1-11(19)5(2-17)20-10(7(11)18)16-4-15-6-8(12)13-3-14-9(6)16/h3-5,7,10,17-19H,2H2,1H3,(H2,12,13,14)/t5-,7-,10-,11?/m1/s1. The van der Waals surface area contributed by atoms with E-state index in [4.69, 9.17) is 10.5 Å². The first kappa shape index (κ1) is 13.2. The summed E-state index contributed by atoms with van der Waals surface area (Å²) in [5.41, 5.74) is 4.88. The van der Waals surface area contributed by atoms with Crippen molar-refractivity contribution in [2.45, 2.75) is 31.0 Å². The van der Waals surface area contributed by atoms with Crippen molar-refractivity contribution in [1.82, 2.24) is 19.5 Å². The summed E-state index contributed by atoms with van der Waals surface area (Å²) < 4.78 is 6.96. The van der Waals surface area contributed by atoms with Gasteiger partial charge in [0.1, 0.15) is 29.7 Å². The van der Waals surface area contributed by atoms with E-state index in [0.29, 0.717) is 11.2 Å². The molecule has 0 aromatic carbocycles. The molecule has 1 aliphatic heterocycles. The van der Waals surface area contributed by atoms with E-state index in [2.05, 4.69) is 15.0 Å². The van der Waals surface area contributed by atoms with Crippen LogP contribution in [0.25, 0.3) is 11.2 Å². The fourth-order valence-corrected chi connectivity index (χ4v) is 2.36. The van der Waals surface area contributed by atoms with Gasteiger partial charge in [0.25, 0.3) is 0 Å². The van der Waals surface area contributed by atoms with Crippen molar-refractivity contribution in [2.75, 3.05) is 12.3 Å². The molecule has 0 aliphatic carbocycles. The molecule has 9 heteroatoms. The van der Waals surface area contributed by atoms with Crippen LogP contribution in [0.15, 0.2) is 12.7 Å². The Bertz CT molecular complexity index is 643. The molecule has 9 nitrogen and oxygen atoms in total. The summed E-state index contributed by atoms with van der Waals surface area (Å²) in [5.74, 6) is 0.215. The SMILES string of the molecule is CC1(O)[C@H](O)[C@H](n2cnc3c(N)ncnc32)O[C@@H]1CO. The molecule has 0 saturated carbocycles. The average Bonchev–Trinajstić information content (AvgIpc) is 2.92. The number of fused-ring (bicyclic) bond motifs is 1. The lowest BCUT2D eigenvalue weighted by Crippen LogP contribution is -2.46. The number of aliphatic hydroxyl groups is 3. The molecule has 2 aromatic rings. The number of anilines is 1. The first-order valence-corrected chi connectivity index (χ1v) is 6.06. The van der Waals surface area contributed by atoms with Crippen LogP contribution < -0.4 is 5.73 Å². The third kappa shape index (κ3) is 1.68. The van der Waals surface area contributed by atoms with Gasteiger partial charge in [-0.1, -0.05) is 0 Å². The van der Waals surface area contributed by atoms with Gasteiger partial charge in [-0.25, -0.2) is 15.0 Å². The molecule has 1 unspecified atom stereocenters. The zero-order valence-corrected chi connectivity index (χ0v) is 10.7. The maximum absolute atomic E-state index is 10.2. The van der Waals surface area contributed by atoms with Crippen LogP contribution in [-0.2, 0) is 4.74 Å². The quantitative estimate of drug-likeness (QED) is 0.516. The normalized spacial score (nSPS) is 33.9. The van der Waals surface area contributed by atoms with Crippen molar-refractivity contribution >= 4 is 17.0 Å². The summed E-state index contributed by atoms with van der Waals surface area (Å²) in [4.78, 5) is 12.0. The molecular weight excluding hydrogens is 266 g/mol. The van der Waals surface area contributed by atoms with Gasteiger partial charge in [0, 0.05) is 0 Å². The molecular formula is C11H15N5O4. The van der Waals surface area contributed by atoms with E-state index in [9.17, 15) is 15.3 Å². The summed E-state index contributed by atoms with van der Waals surface area (Å²) >= 11 is 0. The van der Waals surface area contributed by atoms with Crippen LogP contribution in [0.4, 0.5) is 5.82 Å². The number of rotatable bonds is 2. The molecule has 1 saturated heterocycles. The van der Waals surface area contributed by atoms with E-state index >= 15 is 0 Å². The molecule has 5 N–H and O–H groups in total. The van der Waals surface area contributed by atoms with E-state index in [1.54, 1.807) is 0 Å². The number of nitrogen functional groups attached to an aromatic ring is 1. The highest BCUT2D eigenvalue weighted by Crippen LogP contribution is 2.37. The highest BCUT2D eigenvalue weighted by atomic mass is 16.6. The molecule has 1 aliphatic rings. The number of aliphatic hydroxyl groups excluding tert-OH is 2. The van der Waals surface area contributed by atoms with Gasteiger partial charge in [0.2, 0.25) is 0 Å². The van der Waals surface area contributed by atoms with Crippen LogP contribution in [0, 0.1) is 0 Å². The molecule has 3 rings (SSSR count). The van der Waals surface area contributed by atoms with Crippen LogP contribution in [-0.4, -0.2) is 59.3 Å². The Hall–Kier alpha value is -1.81. The highest BCUT2D eigenvalue weighted by molar-refractivity contribution is 5.81. The van der Waals surface area contributed by atoms with E-state index in [1.807, 2.05) is 0 Å². The molecule has 3 heterocycles. The second-order valence-corrected chi connectivity index (χ2v) is 4.95. The number of hydrogen-bond donors (Lipinski definition) is 4. The van der Waals surface area contributed by atoms with E-state index in [0.717, 1.165) is 0 Å². The first-order chi connectivity index (χ1) is 9.46. The molecule has 0 radical (unpaired) electrons. The Balaban J connectivity index is 2.06. The van der Waals surface area contributed by atoms with Crippen molar-refractivity contribution in [1.29, 1.82) is 0 Å². The fourth-order valence-electron chi connectivity index (χ4n) is 2.36. The zero-order valence-electron chi connectivity index (χ0n) is 10.7.